The Morgan fingerprint density at radius 2 is 2.21 bits per heavy atom. The summed E-state index contributed by atoms with van der Waals surface area (Å²) in [6.45, 7) is 8.00. The highest BCUT2D eigenvalue weighted by Crippen LogP contribution is 2.14. The van der Waals surface area contributed by atoms with Crippen LogP contribution in [0.2, 0.25) is 0 Å². The van der Waals surface area contributed by atoms with Crippen LogP contribution in [0.5, 0.6) is 0 Å². The molecule has 0 aliphatic heterocycles. The number of amides is 1. The molecule has 1 amide bonds. The maximum absolute atomic E-state index is 12.0. The molecule has 6 heteroatoms. The number of likely N-dealkylation sites (N-methyl/N-ethyl adjacent to an activating group) is 1. The van der Waals surface area contributed by atoms with Crippen LogP contribution in [0.15, 0.2) is 12.3 Å². The van der Waals surface area contributed by atoms with E-state index < -0.39 is 5.54 Å². The van der Waals surface area contributed by atoms with Crippen molar-refractivity contribution in [1.29, 1.82) is 0 Å². The molecule has 1 aromatic heterocycles. The first-order valence-corrected chi connectivity index (χ1v) is 6.43. The first-order chi connectivity index (χ1) is 8.77. The van der Waals surface area contributed by atoms with Gasteiger partial charge < -0.3 is 10.4 Å². The molecule has 0 aliphatic rings. The molecule has 0 bridgehead atoms. The summed E-state index contributed by atoms with van der Waals surface area (Å²) in [6, 6.07) is 1.96. The summed E-state index contributed by atoms with van der Waals surface area (Å²) < 4.78 is 1.76. The number of anilines is 1. The quantitative estimate of drug-likeness (QED) is 0.810. The Kier molecular flexibility index (Phi) is 5.08. The van der Waals surface area contributed by atoms with Crippen molar-refractivity contribution in [3.63, 3.8) is 0 Å². The Balaban J connectivity index is 2.63. The van der Waals surface area contributed by atoms with Crippen LogP contribution in [0, 0.1) is 0 Å². The lowest BCUT2D eigenvalue weighted by Crippen LogP contribution is -2.47. The monoisotopic (exact) mass is 268 g/mol. The van der Waals surface area contributed by atoms with Crippen molar-refractivity contribution in [1.82, 2.24) is 14.7 Å². The lowest BCUT2D eigenvalue weighted by Gasteiger charge is -2.33. The Morgan fingerprint density at radius 1 is 1.58 bits per heavy atom. The van der Waals surface area contributed by atoms with Crippen molar-refractivity contribution < 1.29 is 9.90 Å². The Labute approximate surface area is 114 Å². The van der Waals surface area contributed by atoms with E-state index >= 15 is 0 Å². The average molecular weight is 268 g/mol. The number of nitrogens with one attached hydrogen (secondary N) is 1. The van der Waals surface area contributed by atoms with Crippen LogP contribution in [-0.2, 0) is 4.79 Å². The largest absolute Gasteiger partial charge is 0.394 e. The molecule has 2 N–H and O–H groups in total. The van der Waals surface area contributed by atoms with E-state index in [4.69, 9.17) is 0 Å². The molecule has 1 aromatic rings. The highest BCUT2D eigenvalue weighted by molar-refractivity contribution is 5.91. The van der Waals surface area contributed by atoms with E-state index in [9.17, 15) is 9.90 Å². The number of aliphatic hydroxyl groups is 1. The number of aromatic nitrogens is 2. The maximum Gasteiger partial charge on any atom is 0.239 e. The van der Waals surface area contributed by atoms with Gasteiger partial charge >= 0.3 is 0 Å². The van der Waals surface area contributed by atoms with E-state index in [0.29, 0.717) is 5.82 Å². The van der Waals surface area contributed by atoms with E-state index in [1.54, 1.807) is 16.9 Å². The van der Waals surface area contributed by atoms with Gasteiger partial charge in [0.25, 0.3) is 0 Å². The van der Waals surface area contributed by atoms with Crippen molar-refractivity contribution in [2.75, 3.05) is 25.5 Å². The lowest BCUT2D eigenvalue weighted by atomic mass is 10.1. The molecule has 0 radical (unpaired) electrons. The zero-order valence-corrected chi connectivity index (χ0v) is 12.3. The fourth-order valence-electron chi connectivity index (χ4n) is 1.56. The molecule has 0 saturated heterocycles. The second-order valence-corrected chi connectivity index (χ2v) is 5.63. The molecule has 0 fully saturated rings. The van der Waals surface area contributed by atoms with Gasteiger partial charge in [0.05, 0.1) is 19.3 Å². The number of hydrogen-bond acceptors (Lipinski definition) is 4. The molecule has 0 saturated carbocycles. The molecular formula is C13H24N4O2. The number of hydrogen-bond donors (Lipinski definition) is 2. The predicted molar refractivity (Wildman–Crippen MR) is 75.0 cm³/mol. The van der Waals surface area contributed by atoms with Gasteiger partial charge in [-0.25, -0.2) is 4.68 Å². The van der Waals surface area contributed by atoms with Gasteiger partial charge in [0, 0.05) is 17.6 Å². The summed E-state index contributed by atoms with van der Waals surface area (Å²) >= 11 is 0. The molecular weight excluding hydrogens is 244 g/mol. The van der Waals surface area contributed by atoms with E-state index in [2.05, 4.69) is 10.4 Å². The summed E-state index contributed by atoms with van der Waals surface area (Å²) in [5.74, 6) is 0.571. The van der Waals surface area contributed by atoms with Crippen molar-refractivity contribution >= 4 is 11.7 Å². The summed E-state index contributed by atoms with van der Waals surface area (Å²) in [6.07, 6.45) is 1.66. The Bertz CT molecular complexity index is 426. The first-order valence-electron chi connectivity index (χ1n) is 6.43. The third-order valence-electron chi connectivity index (χ3n) is 3.23. The SMILES string of the molecule is CC(C)n1nccc1NC(=O)CN(C)C(C)(C)CO. The van der Waals surface area contributed by atoms with Gasteiger partial charge in [-0.1, -0.05) is 0 Å². The molecule has 6 nitrogen and oxygen atoms in total. The second-order valence-electron chi connectivity index (χ2n) is 5.63. The van der Waals surface area contributed by atoms with Gasteiger partial charge in [0.1, 0.15) is 5.82 Å². The molecule has 0 aliphatic carbocycles. The van der Waals surface area contributed by atoms with Gasteiger partial charge in [-0.2, -0.15) is 5.10 Å². The van der Waals surface area contributed by atoms with E-state index in [0.717, 1.165) is 0 Å². The van der Waals surface area contributed by atoms with Crippen molar-refractivity contribution in [3.05, 3.63) is 12.3 Å². The summed E-state index contributed by atoms with van der Waals surface area (Å²) in [5.41, 5.74) is -0.421. The van der Waals surface area contributed by atoms with Gasteiger partial charge in [-0.05, 0) is 34.7 Å². The lowest BCUT2D eigenvalue weighted by molar-refractivity contribution is -0.118. The maximum atomic E-state index is 12.0. The number of carbonyl (C=O) groups excluding carboxylic acids is 1. The van der Waals surface area contributed by atoms with Crippen molar-refractivity contribution in [3.8, 4) is 0 Å². The highest BCUT2D eigenvalue weighted by atomic mass is 16.3. The van der Waals surface area contributed by atoms with E-state index in [1.807, 2.05) is 39.6 Å². The number of aliphatic hydroxyl groups excluding tert-OH is 1. The molecule has 1 heterocycles. The van der Waals surface area contributed by atoms with E-state index in [-0.39, 0.29) is 25.1 Å². The molecule has 0 spiro atoms. The third kappa shape index (κ3) is 4.04. The van der Waals surface area contributed by atoms with Crippen LogP contribution in [0.4, 0.5) is 5.82 Å². The Hall–Kier alpha value is -1.40. The van der Waals surface area contributed by atoms with Gasteiger partial charge in [-0.3, -0.25) is 9.69 Å². The minimum Gasteiger partial charge on any atom is -0.394 e. The molecule has 0 aromatic carbocycles. The normalized spacial score (nSPS) is 12.2. The molecule has 1 rings (SSSR count). The summed E-state index contributed by atoms with van der Waals surface area (Å²) in [7, 11) is 1.82. The van der Waals surface area contributed by atoms with Crippen molar-refractivity contribution in [2.45, 2.75) is 39.3 Å². The third-order valence-corrected chi connectivity index (χ3v) is 3.23. The van der Waals surface area contributed by atoms with E-state index in [1.165, 1.54) is 0 Å². The van der Waals surface area contributed by atoms with Gasteiger partial charge in [0.2, 0.25) is 5.91 Å². The van der Waals surface area contributed by atoms with Crippen LogP contribution in [0.25, 0.3) is 0 Å². The summed E-state index contributed by atoms with van der Waals surface area (Å²) in [5, 5.41) is 16.3. The minimum absolute atomic E-state index is 0.000701. The average Bonchev–Trinajstić information content (AvgIpc) is 2.76. The number of nitrogens with zero attached hydrogens (tertiary/aromatic N) is 3. The molecule has 19 heavy (non-hydrogen) atoms. The smallest absolute Gasteiger partial charge is 0.239 e. The molecule has 108 valence electrons. The minimum atomic E-state index is -0.421. The van der Waals surface area contributed by atoms with Crippen LogP contribution in [-0.4, -0.2) is 51.4 Å². The topological polar surface area (TPSA) is 70.4 Å². The van der Waals surface area contributed by atoms with Crippen LogP contribution < -0.4 is 5.32 Å². The summed E-state index contributed by atoms with van der Waals surface area (Å²) in [4.78, 5) is 13.8. The zero-order chi connectivity index (χ0) is 14.6. The molecule has 0 atom stereocenters. The zero-order valence-electron chi connectivity index (χ0n) is 12.3. The van der Waals surface area contributed by atoms with Crippen LogP contribution in [0.1, 0.15) is 33.7 Å². The standard InChI is InChI=1S/C13H24N4O2/c1-10(2)17-11(6-7-14-17)15-12(19)8-16(5)13(3,4)9-18/h6-7,10,18H,8-9H2,1-5H3,(H,15,19). The van der Waals surface area contributed by atoms with Gasteiger partial charge in [-0.15, -0.1) is 0 Å². The second kappa shape index (κ2) is 6.16. The Morgan fingerprint density at radius 3 is 2.74 bits per heavy atom. The predicted octanol–water partition coefficient (Wildman–Crippen LogP) is 1.11. The molecule has 0 unspecified atom stereocenters. The number of rotatable bonds is 6. The fraction of sp³-hybridized carbons (Fsp3) is 0.692. The van der Waals surface area contributed by atoms with Crippen LogP contribution >= 0.6 is 0 Å². The first kappa shape index (κ1) is 15.7. The fourth-order valence-corrected chi connectivity index (χ4v) is 1.56. The van der Waals surface area contributed by atoms with Crippen molar-refractivity contribution in [2.24, 2.45) is 0 Å². The highest BCUT2D eigenvalue weighted by Gasteiger charge is 2.24. The van der Waals surface area contributed by atoms with Gasteiger partial charge in [0.15, 0.2) is 0 Å². The number of carbonyl (C=O) groups is 1. The van der Waals surface area contributed by atoms with Crippen LogP contribution in [0.3, 0.4) is 0 Å².